The summed E-state index contributed by atoms with van der Waals surface area (Å²) in [6.07, 6.45) is 1.65. The van der Waals surface area contributed by atoms with Gasteiger partial charge in [-0.05, 0) is 61.1 Å². The maximum Gasteiger partial charge on any atom is 0.308 e. The Hall–Kier alpha value is -3.26. The third-order valence-electron chi connectivity index (χ3n) is 3.54. The van der Waals surface area contributed by atoms with Gasteiger partial charge >= 0.3 is 5.97 Å². The highest BCUT2D eigenvalue weighted by molar-refractivity contribution is 7.71. The van der Waals surface area contributed by atoms with Crippen LogP contribution in [0.1, 0.15) is 19.4 Å². The van der Waals surface area contributed by atoms with E-state index in [9.17, 15) is 4.79 Å². The van der Waals surface area contributed by atoms with E-state index in [2.05, 4.69) is 15.3 Å². The van der Waals surface area contributed by atoms with Crippen molar-refractivity contribution in [2.24, 2.45) is 5.10 Å². The molecule has 1 aromatic heterocycles. The van der Waals surface area contributed by atoms with Gasteiger partial charge in [0.25, 0.3) is 0 Å². The fourth-order valence-electron chi connectivity index (χ4n) is 2.42. The summed E-state index contributed by atoms with van der Waals surface area (Å²) < 4.78 is 12.6. The fraction of sp³-hybridized carbons (Fsp3) is 0.158. The van der Waals surface area contributed by atoms with Gasteiger partial charge in [-0.15, -0.1) is 0 Å². The number of carbonyl (C=O) groups is 1. The number of ether oxygens (including phenoxy) is 2. The van der Waals surface area contributed by atoms with Gasteiger partial charge in [0.2, 0.25) is 4.77 Å². The van der Waals surface area contributed by atoms with Crippen molar-refractivity contribution in [1.82, 2.24) is 14.9 Å². The van der Waals surface area contributed by atoms with Crippen LogP contribution in [0.4, 0.5) is 0 Å². The van der Waals surface area contributed by atoms with Crippen molar-refractivity contribution in [1.29, 1.82) is 0 Å². The Bertz CT molecular complexity index is 1020. The van der Waals surface area contributed by atoms with Crippen LogP contribution in [0.2, 0.25) is 0 Å². The minimum absolute atomic E-state index is 0.362. The van der Waals surface area contributed by atoms with Gasteiger partial charge in [0.15, 0.2) is 5.82 Å². The highest BCUT2D eigenvalue weighted by atomic mass is 32.1. The van der Waals surface area contributed by atoms with Crippen LogP contribution in [-0.4, -0.2) is 33.7 Å². The Morgan fingerprint density at radius 2 is 2.00 bits per heavy atom. The molecule has 0 radical (unpaired) electrons. The summed E-state index contributed by atoms with van der Waals surface area (Å²) in [7, 11) is 0. The minimum atomic E-state index is -0.362. The van der Waals surface area contributed by atoms with E-state index in [1.165, 1.54) is 11.6 Å². The number of carbonyl (C=O) groups excluding carboxylic acids is 1. The molecule has 0 spiro atoms. The largest absolute Gasteiger partial charge is 0.493 e. The van der Waals surface area contributed by atoms with E-state index in [1.54, 1.807) is 30.5 Å². The molecule has 0 aliphatic carbocycles. The average Bonchev–Trinajstić information content (AvgIpc) is 3.02. The van der Waals surface area contributed by atoms with Crippen molar-refractivity contribution < 1.29 is 14.3 Å². The number of hydrogen-bond acceptors (Lipinski definition) is 6. The predicted molar refractivity (Wildman–Crippen MR) is 105 cm³/mol. The van der Waals surface area contributed by atoms with E-state index in [1.807, 2.05) is 31.2 Å². The molecule has 138 valence electrons. The van der Waals surface area contributed by atoms with Gasteiger partial charge in [-0.2, -0.15) is 14.9 Å². The number of aromatic amines is 1. The van der Waals surface area contributed by atoms with Crippen molar-refractivity contribution in [3.05, 3.63) is 58.9 Å². The molecule has 0 aliphatic heterocycles. The van der Waals surface area contributed by atoms with E-state index in [4.69, 9.17) is 21.7 Å². The molecule has 0 unspecified atom stereocenters. The normalized spacial score (nSPS) is 10.9. The number of nitrogens with one attached hydrogen (secondary N) is 1. The van der Waals surface area contributed by atoms with Crippen LogP contribution in [0, 0.1) is 4.77 Å². The monoisotopic (exact) mass is 382 g/mol. The zero-order valence-electron chi connectivity index (χ0n) is 14.9. The SMILES string of the molecule is CCOc1ccccc1-c1n[nH]c(=S)n1/N=C\c1ccc(OC(C)=O)cc1. The van der Waals surface area contributed by atoms with Crippen LogP contribution < -0.4 is 9.47 Å². The standard InChI is InChI=1S/C19H18N4O3S/c1-3-25-17-7-5-4-6-16(17)18-21-22-19(27)23(18)20-12-14-8-10-15(11-9-14)26-13(2)24/h4-12H,3H2,1-2H3,(H,22,27)/b20-12-. The molecule has 0 bridgehead atoms. The molecule has 1 N–H and O–H groups in total. The quantitative estimate of drug-likeness (QED) is 0.303. The molecule has 8 heteroatoms. The van der Waals surface area contributed by atoms with Gasteiger partial charge < -0.3 is 9.47 Å². The average molecular weight is 382 g/mol. The van der Waals surface area contributed by atoms with Crippen LogP contribution in [0.15, 0.2) is 53.6 Å². The molecular weight excluding hydrogens is 364 g/mol. The van der Waals surface area contributed by atoms with E-state index in [-0.39, 0.29) is 5.97 Å². The number of nitrogens with zero attached hydrogens (tertiary/aromatic N) is 3. The highest BCUT2D eigenvalue weighted by Crippen LogP contribution is 2.28. The third kappa shape index (κ3) is 4.48. The molecule has 0 saturated heterocycles. The maximum atomic E-state index is 11.0. The first-order valence-corrected chi connectivity index (χ1v) is 8.71. The molecule has 2 aromatic carbocycles. The smallest absolute Gasteiger partial charge is 0.308 e. The fourth-order valence-corrected chi connectivity index (χ4v) is 2.60. The molecule has 27 heavy (non-hydrogen) atoms. The van der Waals surface area contributed by atoms with Crippen LogP contribution in [0.25, 0.3) is 11.4 Å². The van der Waals surface area contributed by atoms with Crippen LogP contribution in [-0.2, 0) is 4.79 Å². The van der Waals surface area contributed by atoms with Crippen molar-refractivity contribution in [2.75, 3.05) is 6.61 Å². The number of para-hydroxylation sites is 1. The van der Waals surface area contributed by atoms with Gasteiger partial charge in [-0.25, -0.2) is 5.10 Å². The van der Waals surface area contributed by atoms with Crippen molar-refractivity contribution in [3.63, 3.8) is 0 Å². The predicted octanol–water partition coefficient (Wildman–Crippen LogP) is 3.81. The lowest BCUT2D eigenvalue weighted by atomic mass is 10.2. The molecule has 0 aliphatic rings. The van der Waals surface area contributed by atoms with Gasteiger partial charge in [-0.1, -0.05) is 12.1 Å². The Morgan fingerprint density at radius 3 is 2.70 bits per heavy atom. The van der Waals surface area contributed by atoms with Gasteiger partial charge in [0.05, 0.1) is 18.4 Å². The van der Waals surface area contributed by atoms with Crippen LogP contribution >= 0.6 is 12.2 Å². The lowest BCUT2D eigenvalue weighted by Gasteiger charge is -2.08. The number of esters is 1. The molecule has 7 nitrogen and oxygen atoms in total. The Kier molecular flexibility index (Phi) is 5.77. The summed E-state index contributed by atoms with van der Waals surface area (Å²) in [5.74, 6) is 1.37. The number of benzene rings is 2. The summed E-state index contributed by atoms with van der Waals surface area (Å²) in [6, 6.07) is 14.5. The summed E-state index contributed by atoms with van der Waals surface area (Å²) in [5, 5.41) is 11.5. The number of H-pyrrole nitrogens is 1. The van der Waals surface area contributed by atoms with Crippen molar-refractivity contribution in [3.8, 4) is 22.9 Å². The van der Waals surface area contributed by atoms with Crippen molar-refractivity contribution >= 4 is 24.4 Å². The number of rotatable bonds is 6. The second-order valence-corrected chi connectivity index (χ2v) is 5.89. The van der Waals surface area contributed by atoms with Gasteiger partial charge in [-0.3, -0.25) is 4.79 Å². The van der Waals surface area contributed by atoms with E-state index in [0.29, 0.717) is 28.7 Å². The minimum Gasteiger partial charge on any atom is -0.493 e. The van der Waals surface area contributed by atoms with E-state index < -0.39 is 0 Å². The molecule has 0 fully saturated rings. The molecule has 3 aromatic rings. The summed E-state index contributed by atoms with van der Waals surface area (Å²) in [6.45, 7) is 3.82. The second-order valence-electron chi connectivity index (χ2n) is 5.50. The Balaban J connectivity index is 1.91. The Labute approximate surface area is 161 Å². The van der Waals surface area contributed by atoms with E-state index >= 15 is 0 Å². The molecular formula is C19H18N4O3S. The zero-order chi connectivity index (χ0) is 19.2. The summed E-state index contributed by atoms with van der Waals surface area (Å²) in [4.78, 5) is 11.0. The highest BCUT2D eigenvalue weighted by Gasteiger charge is 2.13. The third-order valence-corrected chi connectivity index (χ3v) is 3.81. The van der Waals surface area contributed by atoms with Crippen LogP contribution in [0.5, 0.6) is 11.5 Å². The lowest BCUT2D eigenvalue weighted by Crippen LogP contribution is -2.01. The first-order valence-electron chi connectivity index (χ1n) is 8.31. The molecule has 0 saturated carbocycles. The molecule has 1 heterocycles. The van der Waals surface area contributed by atoms with Crippen LogP contribution in [0.3, 0.4) is 0 Å². The first-order chi connectivity index (χ1) is 13.1. The number of aromatic nitrogens is 3. The first kappa shape index (κ1) is 18.5. The molecule has 0 amide bonds. The van der Waals surface area contributed by atoms with Crippen molar-refractivity contribution in [2.45, 2.75) is 13.8 Å². The zero-order valence-corrected chi connectivity index (χ0v) is 15.7. The summed E-state index contributed by atoms with van der Waals surface area (Å²) in [5.41, 5.74) is 1.60. The maximum absolute atomic E-state index is 11.0. The second kappa shape index (κ2) is 8.41. The van der Waals surface area contributed by atoms with Gasteiger partial charge in [0.1, 0.15) is 11.5 Å². The Morgan fingerprint density at radius 1 is 1.26 bits per heavy atom. The summed E-state index contributed by atoms with van der Waals surface area (Å²) >= 11 is 5.30. The lowest BCUT2D eigenvalue weighted by molar-refractivity contribution is -0.131. The van der Waals surface area contributed by atoms with Gasteiger partial charge in [0, 0.05) is 6.92 Å². The molecule has 0 atom stereocenters. The topological polar surface area (TPSA) is 81.5 Å². The van der Waals surface area contributed by atoms with E-state index in [0.717, 1.165) is 11.1 Å². The number of hydrogen-bond donors (Lipinski definition) is 1. The molecule has 3 rings (SSSR count).